The van der Waals surface area contributed by atoms with Crippen LogP contribution in [0.15, 0.2) is 23.1 Å². The third kappa shape index (κ3) is 2.49. The molecule has 2 rings (SSSR count). The van der Waals surface area contributed by atoms with Crippen molar-refractivity contribution in [3.05, 3.63) is 23.8 Å². The maximum atomic E-state index is 12.0. The van der Waals surface area contributed by atoms with Gasteiger partial charge >= 0.3 is 0 Å². The molecule has 1 unspecified atom stereocenters. The average molecular weight is 278 g/mol. The molecule has 0 saturated carbocycles. The lowest BCUT2D eigenvalue weighted by molar-refractivity contribution is -0.123. The van der Waals surface area contributed by atoms with Crippen LogP contribution < -0.4 is 10.6 Å². The van der Waals surface area contributed by atoms with Gasteiger partial charge in [-0.15, -0.1) is 11.8 Å². The molecule has 0 radical (unpaired) electrons. The molecule has 2 amide bonds. The average Bonchev–Trinajstić information content (AvgIpc) is 2.37. The zero-order valence-corrected chi connectivity index (χ0v) is 11.5. The summed E-state index contributed by atoms with van der Waals surface area (Å²) in [5.41, 5.74) is 6.37. The predicted molar refractivity (Wildman–Crippen MR) is 73.3 cm³/mol. The third-order valence-electron chi connectivity index (χ3n) is 3.04. The van der Waals surface area contributed by atoms with Gasteiger partial charge in [-0.05, 0) is 26.0 Å². The highest BCUT2D eigenvalue weighted by Crippen LogP contribution is 2.37. The summed E-state index contributed by atoms with van der Waals surface area (Å²) >= 11 is 1.40. The van der Waals surface area contributed by atoms with E-state index < -0.39 is 11.9 Å². The van der Waals surface area contributed by atoms with Gasteiger partial charge in [0.15, 0.2) is 5.78 Å². The standard InChI is InChI=1S/C13H14N2O3S/c1-7(13(14)18)15-10-5-9(8(2)16)3-4-11(10)19-6-12(15)17/h3-5,7H,6H2,1-2H3,(H2,14,18). The van der Waals surface area contributed by atoms with Gasteiger partial charge in [-0.1, -0.05) is 6.07 Å². The number of carbonyl (C=O) groups is 3. The lowest BCUT2D eigenvalue weighted by atomic mass is 10.1. The van der Waals surface area contributed by atoms with Gasteiger partial charge in [-0.2, -0.15) is 0 Å². The zero-order chi connectivity index (χ0) is 14.2. The number of fused-ring (bicyclic) bond motifs is 1. The van der Waals surface area contributed by atoms with Crippen LogP contribution in [0.4, 0.5) is 5.69 Å². The molecule has 0 aliphatic carbocycles. The predicted octanol–water partition coefficient (Wildman–Crippen LogP) is 1.20. The summed E-state index contributed by atoms with van der Waals surface area (Å²) in [7, 11) is 0. The van der Waals surface area contributed by atoms with E-state index in [4.69, 9.17) is 5.73 Å². The fourth-order valence-corrected chi connectivity index (χ4v) is 2.83. The molecule has 1 heterocycles. The first-order chi connectivity index (χ1) is 8.91. The number of carbonyl (C=O) groups excluding carboxylic acids is 3. The van der Waals surface area contributed by atoms with E-state index in [9.17, 15) is 14.4 Å². The highest BCUT2D eigenvalue weighted by molar-refractivity contribution is 8.00. The van der Waals surface area contributed by atoms with Crippen molar-refractivity contribution >= 4 is 35.0 Å². The topological polar surface area (TPSA) is 80.5 Å². The summed E-state index contributed by atoms with van der Waals surface area (Å²) in [5.74, 6) is -0.564. The first kappa shape index (κ1) is 13.6. The largest absolute Gasteiger partial charge is 0.368 e. The Morgan fingerprint density at radius 1 is 1.42 bits per heavy atom. The number of amides is 2. The van der Waals surface area contributed by atoms with Crippen LogP contribution in [0.3, 0.4) is 0 Å². The molecule has 100 valence electrons. The molecule has 1 aromatic rings. The Kier molecular flexibility index (Phi) is 3.61. The summed E-state index contributed by atoms with van der Waals surface area (Å²) < 4.78 is 0. The smallest absolute Gasteiger partial charge is 0.240 e. The quantitative estimate of drug-likeness (QED) is 0.842. The van der Waals surface area contributed by atoms with Crippen LogP contribution >= 0.6 is 11.8 Å². The summed E-state index contributed by atoms with van der Waals surface area (Å²) in [6.07, 6.45) is 0. The van der Waals surface area contributed by atoms with Crippen molar-refractivity contribution in [1.29, 1.82) is 0 Å². The van der Waals surface area contributed by atoms with E-state index in [1.165, 1.54) is 23.6 Å². The monoisotopic (exact) mass is 278 g/mol. The van der Waals surface area contributed by atoms with E-state index in [-0.39, 0.29) is 17.4 Å². The molecule has 5 nitrogen and oxygen atoms in total. The molecule has 1 aromatic carbocycles. The fraction of sp³-hybridized carbons (Fsp3) is 0.308. The van der Waals surface area contributed by atoms with Crippen LogP contribution in [0.2, 0.25) is 0 Å². The Morgan fingerprint density at radius 2 is 2.11 bits per heavy atom. The number of Topliss-reactive ketones (excluding diaryl/α,β-unsaturated/α-hetero) is 1. The Bertz CT molecular complexity index is 571. The molecule has 19 heavy (non-hydrogen) atoms. The van der Waals surface area contributed by atoms with Crippen molar-refractivity contribution < 1.29 is 14.4 Å². The highest BCUT2D eigenvalue weighted by Gasteiger charge is 2.31. The van der Waals surface area contributed by atoms with Gasteiger partial charge in [0.25, 0.3) is 0 Å². The SMILES string of the molecule is CC(=O)c1ccc2c(c1)N(C(C)C(N)=O)C(=O)CS2. The number of hydrogen-bond acceptors (Lipinski definition) is 4. The molecule has 0 spiro atoms. The number of hydrogen-bond donors (Lipinski definition) is 1. The third-order valence-corrected chi connectivity index (χ3v) is 4.09. The van der Waals surface area contributed by atoms with Crippen molar-refractivity contribution in [2.75, 3.05) is 10.7 Å². The molecule has 1 aliphatic heterocycles. The summed E-state index contributed by atoms with van der Waals surface area (Å²) in [6.45, 7) is 3.04. The van der Waals surface area contributed by atoms with Crippen molar-refractivity contribution in [3.8, 4) is 0 Å². The maximum Gasteiger partial charge on any atom is 0.240 e. The van der Waals surface area contributed by atoms with Crippen LogP contribution in [0.1, 0.15) is 24.2 Å². The number of nitrogens with zero attached hydrogens (tertiary/aromatic N) is 1. The van der Waals surface area contributed by atoms with Crippen LogP contribution in [0.25, 0.3) is 0 Å². The maximum absolute atomic E-state index is 12.0. The Labute approximate surface area is 115 Å². The first-order valence-corrected chi connectivity index (χ1v) is 6.79. The molecule has 0 bridgehead atoms. The molecule has 6 heteroatoms. The van der Waals surface area contributed by atoms with Crippen molar-refractivity contribution in [2.45, 2.75) is 24.8 Å². The van der Waals surface area contributed by atoms with Gasteiger partial charge in [0.05, 0.1) is 11.4 Å². The van der Waals surface area contributed by atoms with Gasteiger partial charge in [0.2, 0.25) is 11.8 Å². The minimum absolute atomic E-state index is 0.0856. The van der Waals surface area contributed by atoms with Crippen molar-refractivity contribution in [1.82, 2.24) is 0 Å². The molecule has 0 fully saturated rings. The van der Waals surface area contributed by atoms with E-state index in [0.717, 1.165) is 4.90 Å². The van der Waals surface area contributed by atoms with Crippen LogP contribution in [-0.4, -0.2) is 29.4 Å². The molecule has 1 aliphatic rings. The van der Waals surface area contributed by atoms with E-state index in [1.807, 2.05) is 0 Å². The number of benzene rings is 1. The molecule has 2 N–H and O–H groups in total. The van der Waals surface area contributed by atoms with Crippen molar-refractivity contribution in [3.63, 3.8) is 0 Å². The van der Waals surface area contributed by atoms with E-state index in [2.05, 4.69) is 0 Å². The highest BCUT2D eigenvalue weighted by atomic mass is 32.2. The minimum Gasteiger partial charge on any atom is -0.368 e. The van der Waals surface area contributed by atoms with Gasteiger partial charge in [-0.3, -0.25) is 19.3 Å². The van der Waals surface area contributed by atoms with Crippen LogP contribution in [0.5, 0.6) is 0 Å². The Balaban J connectivity index is 2.53. The minimum atomic E-state index is -0.727. The molecular formula is C13H14N2O3S. The molecule has 0 saturated heterocycles. The van der Waals surface area contributed by atoms with Gasteiger partial charge in [0.1, 0.15) is 6.04 Å². The van der Waals surface area contributed by atoms with E-state index in [1.54, 1.807) is 25.1 Å². The first-order valence-electron chi connectivity index (χ1n) is 5.81. The van der Waals surface area contributed by atoms with Crippen LogP contribution in [-0.2, 0) is 9.59 Å². The Hall–Kier alpha value is -1.82. The normalized spacial score (nSPS) is 15.9. The summed E-state index contributed by atoms with van der Waals surface area (Å²) in [4.78, 5) is 37.0. The molecule has 1 atom stereocenters. The number of nitrogens with two attached hydrogens (primary N) is 1. The van der Waals surface area contributed by atoms with Crippen molar-refractivity contribution in [2.24, 2.45) is 5.73 Å². The van der Waals surface area contributed by atoms with E-state index in [0.29, 0.717) is 11.3 Å². The number of rotatable bonds is 3. The lowest BCUT2D eigenvalue weighted by Gasteiger charge is -2.32. The fourth-order valence-electron chi connectivity index (χ4n) is 1.94. The summed E-state index contributed by atoms with van der Waals surface area (Å²) in [6, 6.07) is 4.43. The summed E-state index contributed by atoms with van der Waals surface area (Å²) in [5, 5.41) is 0. The van der Waals surface area contributed by atoms with Crippen LogP contribution in [0, 0.1) is 0 Å². The van der Waals surface area contributed by atoms with Gasteiger partial charge in [-0.25, -0.2) is 0 Å². The molecule has 0 aromatic heterocycles. The number of anilines is 1. The second-order valence-electron chi connectivity index (χ2n) is 4.37. The second-order valence-corrected chi connectivity index (χ2v) is 5.39. The second kappa shape index (κ2) is 5.05. The van der Waals surface area contributed by atoms with Gasteiger partial charge < -0.3 is 5.73 Å². The zero-order valence-electron chi connectivity index (χ0n) is 10.7. The van der Waals surface area contributed by atoms with Gasteiger partial charge in [0, 0.05) is 10.5 Å². The Morgan fingerprint density at radius 3 is 2.68 bits per heavy atom. The number of primary amides is 1. The number of thioether (sulfide) groups is 1. The van der Waals surface area contributed by atoms with E-state index >= 15 is 0 Å². The number of ketones is 1. The molecular weight excluding hydrogens is 264 g/mol. The lowest BCUT2D eigenvalue weighted by Crippen LogP contribution is -2.48.